The minimum atomic E-state index is -4.77. The van der Waals surface area contributed by atoms with Crippen molar-refractivity contribution in [3.63, 3.8) is 0 Å². The molecule has 0 rings (SSSR count). The van der Waals surface area contributed by atoms with E-state index in [1.807, 2.05) is 24.3 Å². The van der Waals surface area contributed by atoms with E-state index in [0.29, 0.717) is 0 Å². The fourth-order valence-corrected chi connectivity index (χ4v) is 2.81. The summed E-state index contributed by atoms with van der Waals surface area (Å²) in [4.78, 5) is 28.5. The number of rotatable bonds is 15. The third-order valence-electron chi connectivity index (χ3n) is 3.79. The summed E-state index contributed by atoms with van der Waals surface area (Å²) in [5, 5.41) is 7.78. The van der Waals surface area contributed by atoms with Crippen molar-refractivity contribution in [3.05, 3.63) is 72.2 Å². The summed E-state index contributed by atoms with van der Waals surface area (Å²) in [7, 11) is -4.77. The average molecular weight is 408 g/mol. The van der Waals surface area contributed by atoms with E-state index in [0.717, 1.165) is 12.5 Å². The number of carbonyl (C=O) groups is 1. The van der Waals surface area contributed by atoms with Gasteiger partial charge >= 0.3 is 13.6 Å². The number of carboxylic acid groups (broad SMARTS) is 1. The molecule has 156 valence electrons. The van der Waals surface area contributed by atoms with Gasteiger partial charge in [-0.05, 0) is 18.9 Å². The smallest absolute Gasteiger partial charge is 0.363 e. The standard InChI is InChI=1S/C22H33O5P/c1-2-3-4-5-6-7-8-9-10-11-12-13-14-15-16-17-18-19-20-21(22(23)24)28(25,26)27/h10-20H,2-9H2,1H3,(H,23,24)(H2,25,26,27). The summed E-state index contributed by atoms with van der Waals surface area (Å²) in [5.41, 5.74) is 0. The molecule has 28 heavy (non-hydrogen) atoms. The van der Waals surface area contributed by atoms with Crippen LogP contribution in [0.4, 0.5) is 0 Å². The zero-order valence-electron chi connectivity index (χ0n) is 16.6. The zero-order chi connectivity index (χ0) is 21.1. The van der Waals surface area contributed by atoms with Gasteiger partial charge in [-0.15, -0.1) is 0 Å². The van der Waals surface area contributed by atoms with Crippen molar-refractivity contribution < 1.29 is 24.3 Å². The fourth-order valence-electron chi connectivity index (χ4n) is 2.28. The van der Waals surface area contributed by atoms with Gasteiger partial charge in [0.25, 0.3) is 0 Å². The van der Waals surface area contributed by atoms with Crippen LogP contribution in [-0.2, 0) is 9.36 Å². The first kappa shape index (κ1) is 26.1. The van der Waals surface area contributed by atoms with Crippen molar-refractivity contribution in [2.24, 2.45) is 0 Å². The van der Waals surface area contributed by atoms with Crippen molar-refractivity contribution in [3.8, 4) is 0 Å². The molecule has 0 amide bonds. The van der Waals surface area contributed by atoms with Crippen LogP contribution < -0.4 is 0 Å². The molecule has 5 nitrogen and oxygen atoms in total. The van der Waals surface area contributed by atoms with Crippen molar-refractivity contribution >= 4 is 13.6 Å². The van der Waals surface area contributed by atoms with Crippen molar-refractivity contribution in [1.82, 2.24) is 0 Å². The Bertz CT molecular complexity index is 648. The van der Waals surface area contributed by atoms with Gasteiger partial charge < -0.3 is 14.9 Å². The molecule has 0 unspecified atom stereocenters. The van der Waals surface area contributed by atoms with Crippen LogP contribution in [0, 0.1) is 0 Å². The molecule has 0 aliphatic rings. The lowest BCUT2D eigenvalue weighted by Gasteiger charge is -2.01. The summed E-state index contributed by atoms with van der Waals surface area (Å²) >= 11 is 0. The number of hydrogen-bond acceptors (Lipinski definition) is 2. The highest BCUT2D eigenvalue weighted by Gasteiger charge is 2.26. The molecule has 0 radical (unpaired) electrons. The van der Waals surface area contributed by atoms with Crippen LogP contribution in [0.3, 0.4) is 0 Å². The molecular formula is C22H33O5P. The highest BCUT2D eigenvalue weighted by atomic mass is 31.2. The Labute approximate surface area is 168 Å². The number of aliphatic carboxylic acids is 1. The van der Waals surface area contributed by atoms with Gasteiger partial charge in [-0.3, -0.25) is 4.57 Å². The van der Waals surface area contributed by atoms with E-state index < -0.39 is 18.9 Å². The monoisotopic (exact) mass is 408 g/mol. The first-order valence-corrected chi connectivity index (χ1v) is 11.3. The number of carboxylic acids is 1. The second kappa shape index (κ2) is 17.2. The largest absolute Gasteiger partial charge is 0.477 e. The van der Waals surface area contributed by atoms with Gasteiger partial charge in [0.1, 0.15) is 5.31 Å². The SMILES string of the molecule is CCCCCCCCCC=CC=CC=CC=CC=CC=C(C(=O)O)P(=O)(O)O. The van der Waals surface area contributed by atoms with E-state index in [1.165, 1.54) is 57.1 Å². The minimum Gasteiger partial charge on any atom is -0.477 e. The Morgan fingerprint density at radius 2 is 1.21 bits per heavy atom. The highest BCUT2D eigenvalue weighted by Crippen LogP contribution is 2.44. The van der Waals surface area contributed by atoms with Crippen molar-refractivity contribution in [2.45, 2.75) is 58.3 Å². The predicted octanol–water partition coefficient (Wildman–Crippen LogP) is 6.05. The maximum atomic E-state index is 11.0. The number of unbranched alkanes of at least 4 members (excludes halogenated alkanes) is 7. The van der Waals surface area contributed by atoms with Gasteiger partial charge in [0.15, 0.2) is 0 Å². The summed E-state index contributed by atoms with van der Waals surface area (Å²) in [6.45, 7) is 2.23. The third kappa shape index (κ3) is 16.2. The van der Waals surface area contributed by atoms with Crippen LogP contribution in [0.5, 0.6) is 0 Å². The van der Waals surface area contributed by atoms with Gasteiger partial charge in [-0.25, -0.2) is 4.79 Å². The summed E-state index contributed by atoms with van der Waals surface area (Å²) < 4.78 is 11.0. The summed E-state index contributed by atoms with van der Waals surface area (Å²) in [6, 6.07) is 0. The summed E-state index contributed by atoms with van der Waals surface area (Å²) in [6.07, 6.45) is 29.1. The van der Waals surface area contributed by atoms with Crippen LogP contribution in [0.15, 0.2) is 72.2 Å². The van der Waals surface area contributed by atoms with Gasteiger partial charge in [-0.2, -0.15) is 0 Å². The molecular weight excluding hydrogens is 375 g/mol. The average Bonchev–Trinajstić information content (AvgIpc) is 2.62. The maximum Gasteiger partial charge on any atom is 0.363 e. The fraction of sp³-hybridized carbons (Fsp3) is 0.409. The van der Waals surface area contributed by atoms with Crippen LogP contribution in [0.25, 0.3) is 0 Å². The third-order valence-corrected chi connectivity index (χ3v) is 4.75. The number of allylic oxidation sites excluding steroid dienone is 11. The normalized spacial score (nSPS) is 13.9. The molecule has 0 aliphatic heterocycles. The maximum absolute atomic E-state index is 11.0. The van der Waals surface area contributed by atoms with Crippen LogP contribution in [0.2, 0.25) is 0 Å². The predicted molar refractivity (Wildman–Crippen MR) is 116 cm³/mol. The number of hydrogen-bond donors (Lipinski definition) is 3. The molecule has 0 saturated heterocycles. The second-order valence-electron chi connectivity index (χ2n) is 6.28. The van der Waals surface area contributed by atoms with Crippen molar-refractivity contribution in [2.75, 3.05) is 0 Å². The van der Waals surface area contributed by atoms with Gasteiger partial charge in [0.2, 0.25) is 0 Å². The molecule has 0 aromatic carbocycles. The molecule has 0 bridgehead atoms. The molecule has 0 atom stereocenters. The van der Waals surface area contributed by atoms with E-state index >= 15 is 0 Å². The molecule has 0 aliphatic carbocycles. The molecule has 0 fully saturated rings. The topological polar surface area (TPSA) is 94.8 Å². The zero-order valence-corrected chi connectivity index (χ0v) is 17.5. The Morgan fingerprint density at radius 1 is 0.750 bits per heavy atom. The summed E-state index contributed by atoms with van der Waals surface area (Å²) in [5.74, 6) is -1.63. The molecule has 6 heteroatoms. The Balaban J connectivity index is 3.99. The second-order valence-corrected chi connectivity index (χ2v) is 7.85. The quantitative estimate of drug-likeness (QED) is 0.133. The lowest BCUT2D eigenvalue weighted by atomic mass is 10.1. The van der Waals surface area contributed by atoms with E-state index in [2.05, 4.69) is 13.0 Å². The van der Waals surface area contributed by atoms with E-state index in [1.54, 1.807) is 18.2 Å². The molecule has 3 N–H and O–H groups in total. The highest BCUT2D eigenvalue weighted by molar-refractivity contribution is 7.58. The molecule has 0 saturated carbocycles. The Morgan fingerprint density at radius 3 is 1.71 bits per heavy atom. The molecule has 0 spiro atoms. The first-order chi connectivity index (χ1) is 13.4. The molecule has 0 heterocycles. The van der Waals surface area contributed by atoms with Gasteiger partial charge in [0.05, 0.1) is 0 Å². The van der Waals surface area contributed by atoms with Gasteiger partial charge in [0, 0.05) is 0 Å². The Kier molecular flexibility index (Phi) is 16.0. The van der Waals surface area contributed by atoms with E-state index in [4.69, 9.17) is 14.9 Å². The van der Waals surface area contributed by atoms with Crippen LogP contribution in [0.1, 0.15) is 58.3 Å². The lowest BCUT2D eigenvalue weighted by Crippen LogP contribution is -2.00. The first-order valence-electron chi connectivity index (χ1n) is 9.72. The minimum absolute atomic E-state index is 0.896. The van der Waals surface area contributed by atoms with Crippen LogP contribution >= 0.6 is 7.60 Å². The Hall–Kier alpha value is -1.94. The molecule has 0 aromatic heterocycles. The van der Waals surface area contributed by atoms with Gasteiger partial charge in [-0.1, -0.05) is 106 Å². The van der Waals surface area contributed by atoms with Crippen LogP contribution in [-0.4, -0.2) is 20.9 Å². The van der Waals surface area contributed by atoms with E-state index in [9.17, 15) is 9.36 Å². The van der Waals surface area contributed by atoms with E-state index in [-0.39, 0.29) is 0 Å². The molecule has 0 aromatic rings. The van der Waals surface area contributed by atoms with Crippen molar-refractivity contribution in [1.29, 1.82) is 0 Å². The lowest BCUT2D eigenvalue weighted by molar-refractivity contribution is -0.132.